The molecule has 130 valence electrons. The van der Waals surface area contributed by atoms with Gasteiger partial charge in [-0.3, -0.25) is 0 Å². The fourth-order valence-corrected chi connectivity index (χ4v) is 3.89. The van der Waals surface area contributed by atoms with Crippen LogP contribution in [0.4, 0.5) is 0 Å². The maximum atomic E-state index is 5.64. The predicted molar refractivity (Wildman–Crippen MR) is 95.7 cm³/mol. The lowest BCUT2D eigenvalue weighted by atomic mass is 9.94. The molecule has 3 atom stereocenters. The summed E-state index contributed by atoms with van der Waals surface area (Å²) in [5, 5.41) is 7.41. The summed E-state index contributed by atoms with van der Waals surface area (Å²) in [7, 11) is 1.74. The van der Waals surface area contributed by atoms with Crippen LogP contribution in [0.5, 0.6) is 5.75 Å². The van der Waals surface area contributed by atoms with E-state index in [4.69, 9.17) is 9.47 Å². The van der Waals surface area contributed by atoms with E-state index in [1.54, 1.807) is 7.11 Å². The molecule has 1 aliphatic heterocycles. The van der Waals surface area contributed by atoms with Crippen LogP contribution in [-0.2, 0) is 11.2 Å². The molecule has 0 aromatic heterocycles. The topological polar surface area (TPSA) is 42.5 Å². The molecule has 0 bridgehead atoms. The Morgan fingerprint density at radius 2 is 2.17 bits per heavy atom. The van der Waals surface area contributed by atoms with Gasteiger partial charge in [-0.1, -0.05) is 24.6 Å². The van der Waals surface area contributed by atoms with E-state index in [1.807, 2.05) is 12.1 Å². The van der Waals surface area contributed by atoms with Crippen molar-refractivity contribution in [1.29, 1.82) is 0 Å². The Hall–Kier alpha value is -0.810. The third-order valence-electron chi connectivity index (χ3n) is 5.03. The second-order valence-electron chi connectivity index (χ2n) is 6.35. The molecule has 3 unspecified atom stereocenters. The molecular formula is C18H29ClN2O2. The molecule has 4 nitrogen and oxygen atoms in total. The maximum absolute atomic E-state index is 5.64. The number of nitrogens with one attached hydrogen (secondary N) is 2. The Kier molecular flexibility index (Phi) is 7.63. The molecule has 3 rings (SSSR count). The monoisotopic (exact) mass is 340 g/mol. The Balaban J connectivity index is 0.00000192. The number of hydrogen-bond donors (Lipinski definition) is 2. The maximum Gasteiger partial charge on any atom is 0.122 e. The molecule has 0 radical (unpaired) electrons. The molecule has 23 heavy (non-hydrogen) atoms. The highest BCUT2D eigenvalue weighted by atomic mass is 35.5. The molecular weight excluding hydrogens is 312 g/mol. The number of hydrogen-bond acceptors (Lipinski definition) is 4. The molecule has 2 aliphatic rings. The van der Waals surface area contributed by atoms with E-state index in [2.05, 4.69) is 22.8 Å². The number of rotatable bonds is 6. The zero-order valence-corrected chi connectivity index (χ0v) is 14.7. The Bertz CT molecular complexity index is 466. The minimum absolute atomic E-state index is 0. The van der Waals surface area contributed by atoms with Crippen LogP contribution in [-0.4, -0.2) is 45.5 Å². The van der Waals surface area contributed by atoms with E-state index in [9.17, 15) is 0 Å². The largest absolute Gasteiger partial charge is 0.496 e. The first-order valence-electron chi connectivity index (χ1n) is 8.55. The van der Waals surface area contributed by atoms with Gasteiger partial charge in [-0.05, 0) is 43.4 Å². The summed E-state index contributed by atoms with van der Waals surface area (Å²) in [5.41, 5.74) is 1.28. The van der Waals surface area contributed by atoms with E-state index in [0.29, 0.717) is 18.0 Å². The van der Waals surface area contributed by atoms with Crippen molar-refractivity contribution in [2.75, 3.05) is 33.4 Å². The number of halogens is 1. The van der Waals surface area contributed by atoms with Gasteiger partial charge in [0.1, 0.15) is 5.75 Å². The molecule has 1 aliphatic carbocycles. The second kappa shape index (κ2) is 9.48. The van der Waals surface area contributed by atoms with Crippen LogP contribution in [0, 0.1) is 5.92 Å². The zero-order valence-electron chi connectivity index (χ0n) is 13.9. The molecule has 1 aromatic carbocycles. The Labute approximate surface area is 145 Å². The summed E-state index contributed by atoms with van der Waals surface area (Å²) in [4.78, 5) is 0. The van der Waals surface area contributed by atoms with Crippen molar-refractivity contribution < 1.29 is 9.47 Å². The molecule has 2 N–H and O–H groups in total. The van der Waals surface area contributed by atoms with Gasteiger partial charge in [-0.2, -0.15) is 0 Å². The molecule has 1 saturated carbocycles. The molecule has 2 fully saturated rings. The normalized spacial score (nSPS) is 27.4. The molecule has 0 spiro atoms. The standard InChI is InChI=1S/C18H28N2O2.ClH/c1-21-18-8-3-2-5-14(18)9-10-19-16-7-4-6-15(16)17-13-22-12-11-20-17;/h2-3,5,8,15-17,19-20H,4,6-7,9-13H2,1H3;1H. The van der Waals surface area contributed by atoms with Gasteiger partial charge in [0.05, 0.1) is 20.3 Å². The summed E-state index contributed by atoms with van der Waals surface area (Å²) in [5.74, 6) is 1.70. The SMILES string of the molecule is COc1ccccc1CCNC1CCCC1C1COCCN1.Cl. The van der Waals surface area contributed by atoms with Crippen molar-refractivity contribution in [2.24, 2.45) is 5.92 Å². The van der Waals surface area contributed by atoms with Crippen molar-refractivity contribution in [2.45, 2.75) is 37.8 Å². The van der Waals surface area contributed by atoms with E-state index in [1.165, 1.54) is 24.8 Å². The third kappa shape index (κ3) is 4.83. The third-order valence-corrected chi connectivity index (χ3v) is 5.03. The van der Waals surface area contributed by atoms with Crippen LogP contribution in [0.25, 0.3) is 0 Å². The molecule has 1 saturated heterocycles. The number of para-hydroxylation sites is 1. The summed E-state index contributed by atoms with van der Waals surface area (Å²) in [6.45, 7) is 3.73. The van der Waals surface area contributed by atoms with Crippen LogP contribution in [0.15, 0.2) is 24.3 Å². The van der Waals surface area contributed by atoms with Gasteiger partial charge >= 0.3 is 0 Å². The lowest BCUT2D eigenvalue weighted by Gasteiger charge is -2.33. The van der Waals surface area contributed by atoms with Crippen molar-refractivity contribution in [1.82, 2.24) is 10.6 Å². The van der Waals surface area contributed by atoms with E-state index < -0.39 is 0 Å². The smallest absolute Gasteiger partial charge is 0.122 e. The second-order valence-corrected chi connectivity index (χ2v) is 6.35. The predicted octanol–water partition coefficient (Wildman–Crippen LogP) is 2.41. The highest BCUT2D eigenvalue weighted by Gasteiger charge is 2.34. The first-order chi connectivity index (χ1) is 10.9. The average molecular weight is 341 g/mol. The minimum atomic E-state index is 0. The summed E-state index contributed by atoms with van der Waals surface area (Å²) in [6, 6.07) is 9.45. The molecule has 0 amide bonds. The summed E-state index contributed by atoms with van der Waals surface area (Å²) in [6.07, 6.45) is 4.94. The van der Waals surface area contributed by atoms with Crippen LogP contribution in [0.2, 0.25) is 0 Å². The number of morpholine rings is 1. The molecule has 1 aromatic rings. The highest BCUT2D eigenvalue weighted by Crippen LogP contribution is 2.29. The number of methoxy groups -OCH3 is 1. The van der Waals surface area contributed by atoms with Gasteiger partial charge in [0.2, 0.25) is 0 Å². The lowest BCUT2D eigenvalue weighted by molar-refractivity contribution is 0.0526. The van der Waals surface area contributed by atoms with Crippen LogP contribution < -0.4 is 15.4 Å². The Morgan fingerprint density at radius 1 is 1.30 bits per heavy atom. The first-order valence-corrected chi connectivity index (χ1v) is 8.55. The highest BCUT2D eigenvalue weighted by molar-refractivity contribution is 5.85. The summed E-state index contributed by atoms with van der Waals surface area (Å²) < 4.78 is 11.1. The van der Waals surface area contributed by atoms with Crippen molar-refractivity contribution in [3.05, 3.63) is 29.8 Å². The fourth-order valence-electron chi connectivity index (χ4n) is 3.89. The van der Waals surface area contributed by atoms with Crippen LogP contribution in [0.3, 0.4) is 0 Å². The van der Waals surface area contributed by atoms with Crippen LogP contribution in [0.1, 0.15) is 24.8 Å². The van der Waals surface area contributed by atoms with E-state index in [0.717, 1.165) is 38.5 Å². The van der Waals surface area contributed by atoms with Crippen molar-refractivity contribution in [3.63, 3.8) is 0 Å². The molecule has 1 heterocycles. The number of ether oxygens (including phenoxy) is 2. The average Bonchev–Trinajstić information content (AvgIpc) is 3.04. The fraction of sp³-hybridized carbons (Fsp3) is 0.667. The van der Waals surface area contributed by atoms with Gasteiger partial charge in [0.15, 0.2) is 0 Å². The molecule has 5 heteroatoms. The van der Waals surface area contributed by atoms with Gasteiger partial charge < -0.3 is 20.1 Å². The van der Waals surface area contributed by atoms with Gasteiger partial charge in [-0.15, -0.1) is 12.4 Å². The van der Waals surface area contributed by atoms with Crippen LogP contribution >= 0.6 is 12.4 Å². The van der Waals surface area contributed by atoms with Gasteiger partial charge in [-0.25, -0.2) is 0 Å². The zero-order chi connectivity index (χ0) is 15.2. The van der Waals surface area contributed by atoms with E-state index in [-0.39, 0.29) is 12.4 Å². The summed E-state index contributed by atoms with van der Waals surface area (Å²) >= 11 is 0. The van der Waals surface area contributed by atoms with Crippen molar-refractivity contribution >= 4 is 12.4 Å². The Morgan fingerprint density at radius 3 is 2.96 bits per heavy atom. The number of benzene rings is 1. The van der Waals surface area contributed by atoms with Crippen molar-refractivity contribution in [3.8, 4) is 5.75 Å². The minimum Gasteiger partial charge on any atom is -0.496 e. The first kappa shape index (κ1) is 18.5. The lowest BCUT2D eigenvalue weighted by Crippen LogP contribution is -2.51. The van der Waals surface area contributed by atoms with E-state index >= 15 is 0 Å². The quantitative estimate of drug-likeness (QED) is 0.834. The van der Waals surface area contributed by atoms with Gasteiger partial charge in [0.25, 0.3) is 0 Å². The van der Waals surface area contributed by atoms with Gasteiger partial charge in [0, 0.05) is 18.6 Å².